The molecule has 1 aromatic carbocycles. The molecule has 2 rings (SSSR count). The molecule has 0 bridgehead atoms. The van der Waals surface area contributed by atoms with E-state index >= 15 is 0 Å². The highest BCUT2D eigenvalue weighted by atomic mass is 16.5. The minimum Gasteiger partial charge on any atom is -0.462 e. The molecule has 1 heterocycles. The Labute approximate surface area is 133 Å². The monoisotopic (exact) mass is 301 g/mol. The highest BCUT2D eigenvalue weighted by Crippen LogP contribution is 2.34. The van der Waals surface area contributed by atoms with E-state index in [2.05, 4.69) is 52.2 Å². The highest BCUT2D eigenvalue weighted by Gasteiger charge is 2.27. The minimum absolute atomic E-state index is 0.0381. The number of hydrogen-bond donors (Lipinski definition) is 0. The lowest BCUT2D eigenvalue weighted by atomic mass is 9.91. The lowest BCUT2D eigenvalue weighted by Gasteiger charge is -2.31. The van der Waals surface area contributed by atoms with E-state index in [0.717, 1.165) is 10.9 Å². The van der Waals surface area contributed by atoms with Gasteiger partial charge in [0.2, 0.25) is 0 Å². The van der Waals surface area contributed by atoms with Crippen molar-refractivity contribution in [2.24, 2.45) is 0 Å². The normalized spacial score (nSPS) is 12.7. The van der Waals surface area contributed by atoms with Gasteiger partial charge in [0.15, 0.2) is 0 Å². The maximum Gasteiger partial charge on any atom is 0.338 e. The molecule has 0 spiro atoms. The summed E-state index contributed by atoms with van der Waals surface area (Å²) >= 11 is 0. The summed E-state index contributed by atoms with van der Waals surface area (Å²) in [4.78, 5) is 12.0. The Bertz CT molecular complexity index is 697. The first-order valence-electron chi connectivity index (χ1n) is 7.89. The fourth-order valence-electron chi connectivity index (χ4n) is 2.82. The minimum atomic E-state index is -0.261. The number of nitrogens with zero attached hydrogens (tertiary/aromatic N) is 1. The Balaban J connectivity index is 2.73. The first kappa shape index (κ1) is 16.6. The van der Waals surface area contributed by atoms with E-state index in [1.165, 1.54) is 5.69 Å². The van der Waals surface area contributed by atoms with Crippen LogP contribution in [0.5, 0.6) is 0 Å². The van der Waals surface area contributed by atoms with Crippen LogP contribution in [-0.2, 0) is 15.7 Å². The predicted octanol–water partition coefficient (Wildman–Crippen LogP) is 4.87. The smallest absolute Gasteiger partial charge is 0.338 e. The van der Waals surface area contributed by atoms with Gasteiger partial charge >= 0.3 is 5.97 Å². The highest BCUT2D eigenvalue weighted by molar-refractivity contribution is 5.95. The van der Waals surface area contributed by atoms with Gasteiger partial charge < -0.3 is 9.30 Å². The maximum absolute atomic E-state index is 12.0. The molecule has 0 atom stereocenters. The lowest BCUT2D eigenvalue weighted by molar-refractivity contribution is 0.0526. The van der Waals surface area contributed by atoms with Crippen molar-refractivity contribution in [1.82, 2.24) is 4.57 Å². The molecule has 3 nitrogen and oxygen atoms in total. The van der Waals surface area contributed by atoms with Gasteiger partial charge in [-0.3, -0.25) is 0 Å². The Morgan fingerprint density at radius 1 is 1.09 bits per heavy atom. The second-order valence-electron chi connectivity index (χ2n) is 7.78. The molecular formula is C19H27NO2. The number of carbonyl (C=O) groups is 1. The van der Waals surface area contributed by atoms with Crippen molar-refractivity contribution >= 4 is 16.9 Å². The van der Waals surface area contributed by atoms with Crippen LogP contribution in [0.3, 0.4) is 0 Å². The Kier molecular flexibility index (Phi) is 4.12. The topological polar surface area (TPSA) is 31.2 Å². The van der Waals surface area contributed by atoms with Crippen LogP contribution in [0.15, 0.2) is 24.3 Å². The number of rotatable bonds is 2. The number of aromatic nitrogens is 1. The van der Waals surface area contributed by atoms with Gasteiger partial charge in [0.05, 0.1) is 12.2 Å². The molecule has 0 saturated heterocycles. The summed E-state index contributed by atoms with van der Waals surface area (Å²) in [6.07, 6.45) is 0. The van der Waals surface area contributed by atoms with E-state index in [1.54, 1.807) is 0 Å². The summed E-state index contributed by atoms with van der Waals surface area (Å²) in [5.74, 6) is -0.261. The second kappa shape index (κ2) is 5.45. The molecule has 120 valence electrons. The Hall–Kier alpha value is -1.77. The van der Waals surface area contributed by atoms with Crippen LogP contribution in [0, 0.1) is 0 Å². The summed E-state index contributed by atoms with van der Waals surface area (Å²) in [5.41, 5.74) is 2.95. The van der Waals surface area contributed by atoms with Crippen molar-refractivity contribution in [3.8, 4) is 0 Å². The largest absolute Gasteiger partial charge is 0.462 e. The van der Waals surface area contributed by atoms with E-state index in [0.29, 0.717) is 12.2 Å². The molecule has 0 fully saturated rings. The fourth-order valence-corrected chi connectivity index (χ4v) is 2.82. The quantitative estimate of drug-likeness (QED) is 0.741. The van der Waals surface area contributed by atoms with Crippen LogP contribution in [0.2, 0.25) is 0 Å². The SMILES string of the molecule is CCOC(=O)c1ccc2cc(C(C)(C)C)n(C(C)(C)C)c2c1. The van der Waals surface area contributed by atoms with Gasteiger partial charge in [0.1, 0.15) is 0 Å². The van der Waals surface area contributed by atoms with Crippen molar-refractivity contribution in [3.05, 3.63) is 35.5 Å². The van der Waals surface area contributed by atoms with Crippen molar-refractivity contribution in [1.29, 1.82) is 0 Å². The molecule has 2 aromatic rings. The Morgan fingerprint density at radius 2 is 1.73 bits per heavy atom. The van der Waals surface area contributed by atoms with E-state index < -0.39 is 0 Å². The van der Waals surface area contributed by atoms with E-state index in [9.17, 15) is 4.79 Å². The number of hydrogen-bond acceptors (Lipinski definition) is 2. The van der Waals surface area contributed by atoms with Gasteiger partial charge in [-0.2, -0.15) is 0 Å². The molecule has 0 N–H and O–H groups in total. The van der Waals surface area contributed by atoms with Gasteiger partial charge in [-0.15, -0.1) is 0 Å². The van der Waals surface area contributed by atoms with Crippen molar-refractivity contribution in [2.75, 3.05) is 6.61 Å². The summed E-state index contributed by atoms with van der Waals surface area (Å²) < 4.78 is 7.47. The van der Waals surface area contributed by atoms with Gasteiger partial charge in [0.25, 0.3) is 0 Å². The maximum atomic E-state index is 12.0. The summed E-state index contributed by atoms with van der Waals surface area (Å²) in [6.45, 7) is 15.5. The molecule has 0 aliphatic rings. The van der Waals surface area contributed by atoms with Crippen LogP contribution in [0.1, 0.15) is 64.5 Å². The van der Waals surface area contributed by atoms with Crippen LogP contribution in [0.25, 0.3) is 10.9 Å². The van der Waals surface area contributed by atoms with Crippen molar-refractivity contribution < 1.29 is 9.53 Å². The zero-order valence-corrected chi connectivity index (χ0v) is 14.8. The number of benzene rings is 1. The van der Waals surface area contributed by atoms with Crippen LogP contribution in [0.4, 0.5) is 0 Å². The second-order valence-corrected chi connectivity index (χ2v) is 7.78. The van der Waals surface area contributed by atoms with Crippen molar-refractivity contribution in [3.63, 3.8) is 0 Å². The molecule has 0 amide bonds. The molecule has 0 saturated carbocycles. The first-order chi connectivity index (χ1) is 10.1. The zero-order chi connectivity index (χ0) is 16.7. The number of fused-ring (bicyclic) bond motifs is 1. The van der Waals surface area contributed by atoms with Gasteiger partial charge in [-0.05, 0) is 51.3 Å². The molecule has 0 aliphatic heterocycles. The fraction of sp³-hybridized carbons (Fsp3) is 0.526. The molecule has 0 aliphatic carbocycles. The summed E-state index contributed by atoms with van der Waals surface area (Å²) in [7, 11) is 0. The third kappa shape index (κ3) is 3.03. The van der Waals surface area contributed by atoms with Gasteiger partial charge in [-0.25, -0.2) is 4.79 Å². The van der Waals surface area contributed by atoms with Gasteiger partial charge in [-0.1, -0.05) is 26.8 Å². The third-order valence-electron chi connectivity index (χ3n) is 3.75. The molecule has 0 unspecified atom stereocenters. The zero-order valence-electron chi connectivity index (χ0n) is 14.8. The summed E-state index contributed by atoms with van der Waals surface area (Å²) in [5, 5.41) is 1.16. The first-order valence-corrected chi connectivity index (χ1v) is 7.89. The van der Waals surface area contributed by atoms with E-state index in [1.807, 2.05) is 25.1 Å². The molecule has 1 aromatic heterocycles. The summed E-state index contributed by atoms with van der Waals surface area (Å²) in [6, 6.07) is 8.04. The third-order valence-corrected chi connectivity index (χ3v) is 3.75. The molecule has 22 heavy (non-hydrogen) atoms. The average molecular weight is 301 g/mol. The molecule has 3 heteroatoms. The predicted molar refractivity (Wildman–Crippen MR) is 91.6 cm³/mol. The van der Waals surface area contributed by atoms with E-state index in [4.69, 9.17) is 4.74 Å². The molecule has 0 radical (unpaired) electrons. The van der Waals surface area contributed by atoms with Gasteiger partial charge in [0, 0.05) is 22.2 Å². The standard InChI is InChI=1S/C19H27NO2/c1-8-22-17(21)14-10-9-13-12-16(18(2,3)4)20(15(13)11-14)19(5,6)7/h9-12H,8H2,1-7H3. The Morgan fingerprint density at radius 3 is 2.23 bits per heavy atom. The number of ether oxygens (including phenoxy) is 1. The van der Waals surface area contributed by atoms with E-state index in [-0.39, 0.29) is 16.9 Å². The lowest BCUT2D eigenvalue weighted by Crippen LogP contribution is -2.28. The van der Waals surface area contributed by atoms with Crippen molar-refractivity contribution in [2.45, 2.75) is 59.4 Å². The van der Waals surface area contributed by atoms with Crippen LogP contribution < -0.4 is 0 Å². The molecular weight excluding hydrogens is 274 g/mol. The average Bonchev–Trinajstić information content (AvgIpc) is 2.76. The van der Waals surface area contributed by atoms with Crippen LogP contribution in [-0.4, -0.2) is 17.1 Å². The van der Waals surface area contributed by atoms with Crippen LogP contribution >= 0.6 is 0 Å². The number of esters is 1. The number of carbonyl (C=O) groups excluding carboxylic acids is 1.